The van der Waals surface area contributed by atoms with Crippen LogP contribution in [0.2, 0.25) is 0 Å². The van der Waals surface area contributed by atoms with Crippen molar-refractivity contribution in [3.63, 3.8) is 0 Å². The number of rotatable bonds is 4. The van der Waals surface area contributed by atoms with Crippen LogP contribution in [0.1, 0.15) is 24.2 Å². The molecule has 2 rings (SSSR count). The summed E-state index contributed by atoms with van der Waals surface area (Å²) in [6, 6.07) is 7.68. The van der Waals surface area contributed by atoms with Crippen LogP contribution < -0.4 is 4.72 Å². The SMILES string of the molecule is Cc1ccccc1C1OC(C)OC1CNS(=O)(=O)O. The normalized spacial score (nSPS) is 27.6. The fourth-order valence-electron chi connectivity index (χ4n) is 2.17. The van der Waals surface area contributed by atoms with Gasteiger partial charge < -0.3 is 9.47 Å². The first-order chi connectivity index (χ1) is 8.87. The molecule has 7 heteroatoms. The average molecular weight is 287 g/mol. The highest BCUT2D eigenvalue weighted by atomic mass is 32.2. The van der Waals surface area contributed by atoms with E-state index in [2.05, 4.69) is 0 Å². The molecule has 1 fully saturated rings. The van der Waals surface area contributed by atoms with Crippen LogP contribution in [0.5, 0.6) is 0 Å². The van der Waals surface area contributed by atoms with Gasteiger partial charge in [0.25, 0.3) is 0 Å². The molecular formula is C12H17NO5S. The molecule has 6 nitrogen and oxygen atoms in total. The van der Waals surface area contributed by atoms with Gasteiger partial charge in [0, 0.05) is 6.54 Å². The predicted octanol–water partition coefficient (Wildman–Crippen LogP) is 1.19. The van der Waals surface area contributed by atoms with E-state index < -0.39 is 22.7 Å². The Morgan fingerprint density at radius 3 is 2.63 bits per heavy atom. The lowest BCUT2D eigenvalue weighted by molar-refractivity contribution is -0.0506. The molecule has 1 aliphatic rings. The van der Waals surface area contributed by atoms with Crippen LogP contribution in [0.3, 0.4) is 0 Å². The topological polar surface area (TPSA) is 84.9 Å². The van der Waals surface area contributed by atoms with Crippen molar-refractivity contribution in [2.45, 2.75) is 32.3 Å². The molecule has 0 radical (unpaired) electrons. The largest absolute Gasteiger partial charge is 0.345 e. The summed E-state index contributed by atoms with van der Waals surface area (Å²) in [5.41, 5.74) is 2.00. The molecular weight excluding hydrogens is 270 g/mol. The monoisotopic (exact) mass is 287 g/mol. The van der Waals surface area contributed by atoms with Gasteiger partial charge in [0.05, 0.1) is 0 Å². The van der Waals surface area contributed by atoms with E-state index in [-0.39, 0.29) is 12.6 Å². The highest BCUT2D eigenvalue weighted by molar-refractivity contribution is 7.83. The van der Waals surface area contributed by atoms with E-state index in [9.17, 15) is 8.42 Å². The summed E-state index contributed by atoms with van der Waals surface area (Å²) in [5, 5.41) is 0. The maximum Gasteiger partial charge on any atom is 0.333 e. The lowest BCUT2D eigenvalue weighted by atomic mass is 10.00. The molecule has 0 aromatic heterocycles. The summed E-state index contributed by atoms with van der Waals surface area (Å²) in [7, 11) is -4.23. The van der Waals surface area contributed by atoms with Crippen molar-refractivity contribution in [1.82, 2.24) is 4.72 Å². The molecule has 106 valence electrons. The van der Waals surface area contributed by atoms with Crippen molar-refractivity contribution >= 4 is 10.3 Å². The van der Waals surface area contributed by atoms with Gasteiger partial charge in [-0.3, -0.25) is 4.55 Å². The molecule has 0 bridgehead atoms. The van der Waals surface area contributed by atoms with Crippen molar-refractivity contribution < 1.29 is 22.4 Å². The van der Waals surface area contributed by atoms with Crippen molar-refractivity contribution in [2.24, 2.45) is 0 Å². The van der Waals surface area contributed by atoms with Gasteiger partial charge in [0.2, 0.25) is 0 Å². The van der Waals surface area contributed by atoms with Crippen LogP contribution in [0, 0.1) is 6.92 Å². The van der Waals surface area contributed by atoms with Gasteiger partial charge in [-0.25, -0.2) is 0 Å². The third kappa shape index (κ3) is 3.74. The van der Waals surface area contributed by atoms with Crippen LogP contribution >= 0.6 is 0 Å². The fraction of sp³-hybridized carbons (Fsp3) is 0.500. The summed E-state index contributed by atoms with van der Waals surface area (Å²) in [4.78, 5) is 0. The number of ether oxygens (including phenoxy) is 2. The van der Waals surface area contributed by atoms with Gasteiger partial charge in [-0.15, -0.1) is 0 Å². The summed E-state index contributed by atoms with van der Waals surface area (Å²) in [6.07, 6.45) is -1.25. The second-order valence-corrected chi connectivity index (χ2v) is 5.72. The maximum absolute atomic E-state index is 10.7. The quantitative estimate of drug-likeness (QED) is 0.813. The summed E-state index contributed by atoms with van der Waals surface area (Å²) in [5.74, 6) is 0. The molecule has 3 unspecified atom stereocenters. The summed E-state index contributed by atoms with van der Waals surface area (Å²) >= 11 is 0. The molecule has 1 saturated heterocycles. The molecule has 0 spiro atoms. The van der Waals surface area contributed by atoms with Crippen LogP contribution in [0.15, 0.2) is 24.3 Å². The van der Waals surface area contributed by atoms with Crippen LogP contribution in [0.25, 0.3) is 0 Å². The van der Waals surface area contributed by atoms with Gasteiger partial charge in [0.15, 0.2) is 6.29 Å². The Morgan fingerprint density at radius 2 is 2.00 bits per heavy atom. The molecule has 19 heavy (non-hydrogen) atoms. The van der Waals surface area contributed by atoms with Gasteiger partial charge in [-0.1, -0.05) is 24.3 Å². The van der Waals surface area contributed by atoms with E-state index >= 15 is 0 Å². The first-order valence-corrected chi connectivity index (χ1v) is 7.39. The lowest BCUT2D eigenvalue weighted by Gasteiger charge is -2.18. The van der Waals surface area contributed by atoms with E-state index in [1.54, 1.807) is 6.92 Å². The standard InChI is InChI=1S/C12H17NO5S/c1-8-5-3-4-6-10(8)12-11(17-9(2)18-12)7-13-19(14,15)16/h3-6,9,11-13H,7H2,1-2H3,(H,14,15,16). The zero-order valence-electron chi connectivity index (χ0n) is 10.7. The summed E-state index contributed by atoms with van der Waals surface area (Å²) in [6.45, 7) is 3.66. The third-order valence-corrected chi connectivity index (χ3v) is 3.54. The van der Waals surface area contributed by atoms with Gasteiger partial charge in [0.1, 0.15) is 12.2 Å². The van der Waals surface area contributed by atoms with Gasteiger partial charge >= 0.3 is 10.3 Å². The molecule has 3 atom stereocenters. The predicted molar refractivity (Wildman–Crippen MR) is 68.9 cm³/mol. The third-order valence-electron chi connectivity index (χ3n) is 3.00. The zero-order chi connectivity index (χ0) is 14.0. The van der Waals surface area contributed by atoms with Crippen molar-refractivity contribution in [2.75, 3.05) is 6.54 Å². The second-order valence-electron chi connectivity index (χ2n) is 4.48. The Morgan fingerprint density at radius 1 is 1.32 bits per heavy atom. The fourth-order valence-corrected chi connectivity index (χ4v) is 2.54. The lowest BCUT2D eigenvalue weighted by Crippen LogP contribution is -2.34. The maximum atomic E-state index is 10.7. The van der Waals surface area contributed by atoms with Crippen molar-refractivity contribution in [3.8, 4) is 0 Å². The number of nitrogens with one attached hydrogen (secondary N) is 1. The molecule has 0 aliphatic carbocycles. The number of benzene rings is 1. The van der Waals surface area contributed by atoms with Gasteiger partial charge in [-0.2, -0.15) is 13.1 Å². The highest BCUT2D eigenvalue weighted by Crippen LogP contribution is 2.33. The van der Waals surface area contributed by atoms with Crippen LogP contribution in [0.4, 0.5) is 0 Å². The van der Waals surface area contributed by atoms with E-state index in [4.69, 9.17) is 14.0 Å². The van der Waals surface area contributed by atoms with Crippen LogP contribution in [-0.4, -0.2) is 31.9 Å². The van der Waals surface area contributed by atoms with E-state index in [0.717, 1.165) is 11.1 Å². The molecule has 1 aliphatic heterocycles. The minimum atomic E-state index is -4.23. The highest BCUT2D eigenvalue weighted by Gasteiger charge is 2.36. The first kappa shape index (κ1) is 14.4. The summed E-state index contributed by atoms with van der Waals surface area (Å²) < 4.78 is 43.4. The second kappa shape index (κ2) is 5.56. The van der Waals surface area contributed by atoms with E-state index in [1.165, 1.54) is 0 Å². The average Bonchev–Trinajstić information content (AvgIpc) is 2.67. The van der Waals surface area contributed by atoms with Crippen molar-refractivity contribution in [3.05, 3.63) is 35.4 Å². The smallest absolute Gasteiger partial charge is 0.333 e. The Balaban J connectivity index is 2.16. The Bertz CT molecular complexity index is 545. The first-order valence-electron chi connectivity index (χ1n) is 5.95. The minimum absolute atomic E-state index is 0.0395. The Kier molecular flexibility index (Phi) is 4.22. The van der Waals surface area contributed by atoms with E-state index in [0.29, 0.717) is 0 Å². The number of aryl methyl sites for hydroxylation is 1. The minimum Gasteiger partial charge on any atom is -0.345 e. The van der Waals surface area contributed by atoms with Crippen LogP contribution in [-0.2, 0) is 19.8 Å². The van der Waals surface area contributed by atoms with Crippen molar-refractivity contribution in [1.29, 1.82) is 0 Å². The Hall–Kier alpha value is -0.990. The van der Waals surface area contributed by atoms with E-state index in [1.807, 2.05) is 35.9 Å². The molecule has 0 amide bonds. The molecule has 2 N–H and O–H groups in total. The molecule has 0 saturated carbocycles. The number of hydrogen-bond acceptors (Lipinski definition) is 4. The molecule has 1 aromatic rings. The molecule has 1 heterocycles. The van der Waals surface area contributed by atoms with Gasteiger partial charge in [-0.05, 0) is 25.0 Å². The Labute approximate surface area is 112 Å². The molecule has 1 aromatic carbocycles. The zero-order valence-corrected chi connectivity index (χ0v) is 11.6. The number of hydrogen-bond donors (Lipinski definition) is 2.